The third kappa shape index (κ3) is 1.64. The highest BCUT2D eigenvalue weighted by molar-refractivity contribution is 5.82. The summed E-state index contributed by atoms with van der Waals surface area (Å²) in [6.45, 7) is 0. The number of benzene rings is 1. The van der Waals surface area contributed by atoms with E-state index in [0.717, 1.165) is 12.2 Å². The lowest BCUT2D eigenvalue weighted by atomic mass is 10.0. The van der Waals surface area contributed by atoms with Gasteiger partial charge in [0, 0.05) is 24.8 Å². The molecule has 0 saturated heterocycles. The van der Waals surface area contributed by atoms with Gasteiger partial charge in [-0.25, -0.2) is 0 Å². The van der Waals surface area contributed by atoms with E-state index in [2.05, 4.69) is 34.2 Å². The lowest BCUT2D eigenvalue weighted by molar-refractivity contribution is 0.339. The number of rotatable bonds is 1. The minimum atomic E-state index is 0.368. The molecule has 86 valence electrons. The van der Waals surface area contributed by atoms with Crippen LogP contribution in [0.1, 0.15) is 18.0 Å². The van der Waals surface area contributed by atoms with Crippen molar-refractivity contribution in [2.24, 2.45) is 5.73 Å². The number of nitrogens with two attached hydrogens (primary N) is 1. The van der Waals surface area contributed by atoms with Crippen molar-refractivity contribution in [2.45, 2.75) is 12.5 Å². The largest absolute Gasteiger partial charge is 0.386 e. The molecule has 2 heterocycles. The SMILES string of the molecule is CN1C(N)=CCC1c1ccc2cnccc2c1. The van der Waals surface area contributed by atoms with Crippen LogP contribution in [-0.2, 0) is 0 Å². The van der Waals surface area contributed by atoms with Crippen molar-refractivity contribution in [1.29, 1.82) is 0 Å². The van der Waals surface area contributed by atoms with E-state index in [1.807, 2.05) is 25.5 Å². The maximum atomic E-state index is 5.90. The summed E-state index contributed by atoms with van der Waals surface area (Å²) in [6.07, 6.45) is 6.79. The van der Waals surface area contributed by atoms with Gasteiger partial charge in [-0.2, -0.15) is 0 Å². The maximum absolute atomic E-state index is 5.90. The zero-order valence-corrected chi connectivity index (χ0v) is 9.80. The Morgan fingerprint density at radius 3 is 2.94 bits per heavy atom. The highest BCUT2D eigenvalue weighted by Crippen LogP contribution is 2.32. The summed E-state index contributed by atoms with van der Waals surface area (Å²) in [5.74, 6) is 0.866. The van der Waals surface area contributed by atoms with Crippen molar-refractivity contribution >= 4 is 10.8 Å². The minimum absolute atomic E-state index is 0.368. The predicted molar refractivity (Wildman–Crippen MR) is 69.1 cm³/mol. The van der Waals surface area contributed by atoms with Crippen LogP contribution in [0, 0.1) is 0 Å². The Labute approximate surface area is 101 Å². The van der Waals surface area contributed by atoms with E-state index >= 15 is 0 Å². The van der Waals surface area contributed by atoms with Crippen molar-refractivity contribution in [3.05, 3.63) is 54.1 Å². The molecule has 1 aliphatic rings. The molecule has 1 aliphatic heterocycles. The van der Waals surface area contributed by atoms with Crippen LogP contribution in [0.2, 0.25) is 0 Å². The topological polar surface area (TPSA) is 42.1 Å². The molecule has 2 aromatic rings. The Balaban J connectivity index is 2.02. The Morgan fingerprint density at radius 1 is 1.29 bits per heavy atom. The molecule has 0 aliphatic carbocycles. The minimum Gasteiger partial charge on any atom is -0.386 e. The molecule has 3 nitrogen and oxygen atoms in total. The van der Waals surface area contributed by atoms with E-state index in [1.165, 1.54) is 16.3 Å². The first kappa shape index (κ1) is 10.1. The lowest BCUT2D eigenvalue weighted by Gasteiger charge is -2.24. The summed E-state index contributed by atoms with van der Waals surface area (Å²) in [7, 11) is 2.04. The van der Waals surface area contributed by atoms with Gasteiger partial charge in [0.2, 0.25) is 0 Å². The van der Waals surface area contributed by atoms with Crippen LogP contribution in [-0.4, -0.2) is 16.9 Å². The Kier molecular flexibility index (Phi) is 2.25. The molecular weight excluding hydrogens is 210 g/mol. The summed E-state index contributed by atoms with van der Waals surface area (Å²) < 4.78 is 0. The maximum Gasteiger partial charge on any atom is 0.0948 e. The summed E-state index contributed by atoms with van der Waals surface area (Å²) in [4.78, 5) is 6.25. The third-order valence-electron chi connectivity index (χ3n) is 3.47. The summed E-state index contributed by atoms with van der Waals surface area (Å²) in [5, 5.41) is 2.41. The van der Waals surface area contributed by atoms with Crippen LogP contribution in [0.25, 0.3) is 10.8 Å². The zero-order valence-electron chi connectivity index (χ0n) is 9.80. The molecule has 0 amide bonds. The molecule has 3 heteroatoms. The first-order chi connectivity index (χ1) is 8.25. The van der Waals surface area contributed by atoms with Gasteiger partial charge >= 0.3 is 0 Å². The third-order valence-corrected chi connectivity index (χ3v) is 3.47. The van der Waals surface area contributed by atoms with E-state index in [9.17, 15) is 0 Å². The lowest BCUT2D eigenvalue weighted by Crippen LogP contribution is -2.22. The molecule has 0 spiro atoms. The average molecular weight is 225 g/mol. The van der Waals surface area contributed by atoms with Gasteiger partial charge in [-0.15, -0.1) is 0 Å². The smallest absolute Gasteiger partial charge is 0.0948 e. The fraction of sp³-hybridized carbons (Fsp3) is 0.214. The standard InChI is InChI=1S/C14H15N3/c1-17-13(4-5-14(17)15)11-2-3-12-9-16-7-6-10(12)8-11/h2-3,5-9,13H,4,15H2,1H3. The molecule has 1 aromatic heterocycles. The first-order valence-electron chi connectivity index (χ1n) is 5.78. The first-order valence-corrected chi connectivity index (χ1v) is 5.78. The molecular formula is C14H15N3. The van der Waals surface area contributed by atoms with Gasteiger partial charge < -0.3 is 10.6 Å². The van der Waals surface area contributed by atoms with Crippen LogP contribution in [0.5, 0.6) is 0 Å². The summed E-state index contributed by atoms with van der Waals surface area (Å²) >= 11 is 0. The number of hydrogen-bond donors (Lipinski definition) is 1. The molecule has 0 bridgehead atoms. The van der Waals surface area contributed by atoms with Gasteiger partial charge in [0.05, 0.1) is 11.9 Å². The second-order valence-corrected chi connectivity index (χ2v) is 4.47. The quantitative estimate of drug-likeness (QED) is 0.810. The normalized spacial score (nSPS) is 19.7. The Bertz CT molecular complexity index is 589. The van der Waals surface area contributed by atoms with E-state index in [4.69, 9.17) is 5.73 Å². The molecule has 3 rings (SSSR count). The van der Waals surface area contributed by atoms with E-state index in [1.54, 1.807) is 0 Å². The molecule has 1 aromatic carbocycles. The van der Waals surface area contributed by atoms with E-state index in [0.29, 0.717) is 6.04 Å². The predicted octanol–water partition coefficient (Wildman–Crippen LogP) is 2.41. The van der Waals surface area contributed by atoms with Gasteiger partial charge in [-0.05, 0) is 35.6 Å². The van der Waals surface area contributed by atoms with Crippen molar-refractivity contribution < 1.29 is 0 Å². The van der Waals surface area contributed by atoms with Gasteiger partial charge in [0.25, 0.3) is 0 Å². The molecule has 2 N–H and O–H groups in total. The monoisotopic (exact) mass is 225 g/mol. The van der Waals surface area contributed by atoms with Gasteiger partial charge in [0.15, 0.2) is 0 Å². The number of aromatic nitrogens is 1. The molecule has 0 fully saturated rings. The second kappa shape index (κ2) is 3.77. The Morgan fingerprint density at radius 2 is 2.18 bits per heavy atom. The van der Waals surface area contributed by atoms with Crippen LogP contribution in [0.4, 0.5) is 0 Å². The number of pyridine rings is 1. The summed E-state index contributed by atoms with van der Waals surface area (Å²) in [6, 6.07) is 8.93. The van der Waals surface area contributed by atoms with Crippen LogP contribution in [0.3, 0.4) is 0 Å². The number of nitrogens with zero attached hydrogens (tertiary/aromatic N) is 2. The fourth-order valence-corrected chi connectivity index (χ4v) is 2.38. The van der Waals surface area contributed by atoms with E-state index in [-0.39, 0.29) is 0 Å². The van der Waals surface area contributed by atoms with Gasteiger partial charge in [-0.3, -0.25) is 4.98 Å². The van der Waals surface area contributed by atoms with Gasteiger partial charge in [0.1, 0.15) is 0 Å². The molecule has 0 radical (unpaired) electrons. The van der Waals surface area contributed by atoms with Gasteiger partial charge in [-0.1, -0.05) is 12.1 Å². The molecule has 0 saturated carbocycles. The molecule has 1 unspecified atom stereocenters. The van der Waals surface area contributed by atoms with E-state index < -0.39 is 0 Å². The highest BCUT2D eigenvalue weighted by atomic mass is 15.2. The zero-order chi connectivity index (χ0) is 11.8. The fourth-order valence-electron chi connectivity index (χ4n) is 2.38. The Hall–Kier alpha value is -2.03. The van der Waals surface area contributed by atoms with Crippen LogP contribution in [0.15, 0.2) is 48.6 Å². The molecule has 17 heavy (non-hydrogen) atoms. The van der Waals surface area contributed by atoms with Crippen LogP contribution < -0.4 is 5.73 Å². The average Bonchev–Trinajstić information content (AvgIpc) is 2.70. The van der Waals surface area contributed by atoms with Crippen molar-refractivity contribution in [1.82, 2.24) is 9.88 Å². The van der Waals surface area contributed by atoms with Crippen molar-refractivity contribution in [3.63, 3.8) is 0 Å². The molecule has 1 atom stereocenters. The number of fused-ring (bicyclic) bond motifs is 1. The van der Waals surface area contributed by atoms with Crippen molar-refractivity contribution in [3.8, 4) is 0 Å². The van der Waals surface area contributed by atoms with Crippen molar-refractivity contribution in [2.75, 3.05) is 7.05 Å². The number of hydrogen-bond acceptors (Lipinski definition) is 3. The van der Waals surface area contributed by atoms with Crippen LogP contribution >= 0.6 is 0 Å². The summed E-state index contributed by atoms with van der Waals surface area (Å²) in [5.41, 5.74) is 7.20. The highest BCUT2D eigenvalue weighted by Gasteiger charge is 2.22. The second-order valence-electron chi connectivity index (χ2n) is 4.47.